The highest BCUT2D eigenvalue weighted by molar-refractivity contribution is 6.30. The number of hydrogen-bond donors (Lipinski definition) is 8. The molecule has 114 heavy (non-hydrogen) atoms. The molecule has 6 aromatic heterocycles. The van der Waals surface area contributed by atoms with E-state index < -0.39 is 23.3 Å². The predicted octanol–water partition coefficient (Wildman–Crippen LogP) is 13.5. The number of H-pyrrole nitrogens is 3. The van der Waals surface area contributed by atoms with Crippen LogP contribution in [-0.2, 0) is 0 Å². The van der Waals surface area contributed by atoms with Crippen LogP contribution >= 0.6 is 11.6 Å². The molecule has 3 aliphatic heterocycles. The molecular weight excluding hydrogens is 1480 g/mol. The number of benzene rings is 6. The first kappa shape index (κ1) is 80.3. The van der Waals surface area contributed by atoms with Crippen molar-refractivity contribution in [3.8, 4) is 68.3 Å². The maximum Gasteiger partial charge on any atom is 0.273 e. The minimum absolute atomic E-state index is 0.00471. The SMILES string of the molecule is CC(C)n1cnc(-c2ccc(Cl)cc2)c1-c1ncc(C(=O)Nc2ccc(N3CCN(CCO)CC3)cc2)[nH]1.CC(C)n1cnc(-c2ccc(F)c(F)c2)c1-c1ncc(C(=O)Nc2ccc(N3CCN(C)CC3)cc2)[nH]1.CC(C)n1cnc(-c2ccc(F)c(F)c2)c1-c1ncc(C(=O)Nc2ccc(N3CCN(CCO)CC3)cc2)[nH]1. The first-order valence-electron chi connectivity index (χ1n) is 37.9. The summed E-state index contributed by atoms with van der Waals surface area (Å²) < 4.78 is 60.7. The molecule has 3 fully saturated rings. The highest BCUT2D eigenvalue weighted by atomic mass is 35.5. The summed E-state index contributed by atoms with van der Waals surface area (Å²) in [7, 11) is 2.12. The highest BCUT2D eigenvalue weighted by Crippen LogP contribution is 2.37. The molecular formula is C83H92ClF4N21O5. The molecule has 0 unspecified atom stereocenters. The van der Waals surface area contributed by atoms with Crippen LogP contribution in [0.1, 0.15) is 91.1 Å². The van der Waals surface area contributed by atoms with Crippen molar-refractivity contribution in [3.63, 3.8) is 0 Å². The van der Waals surface area contributed by atoms with E-state index in [9.17, 15) is 31.9 Å². The summed E-state index contributed by atoms with van der Waals surface area (Å²) in [5, 5.41) is 27.7. The van der Waals surface area contributed by atoms with Gasteiger partial charge in [0.15, 0.2) is 40.7 Å². The molecule has 12 aromatic rings. The number of carbonyl (C=O) groups is 3. The zero-order valence-corrected chi connectivity index (χ0v) is 65.2. The number of aromatic nitrogens is 12. The Bertz CT molecular complexity index is 5250. The molecule has 594 valence electrons. The fraction of sp³-hybridized carbons (Fsp3) is 0.313. The van der Waals surface area contributed by atoms with Crippen LogP contribution in [0.5, 0.6) is 0 Å². The summed E-state index contributed by atoms with van der Waals surface area (Å²) in [6, 6.07) is 38.3. The van der Waals surface area contributed by atoms with Crippen molar-refractivity contribution in [3.05, 3.63) is 216 Å². The maximum atomic E-state index is 14.0. The highest BCUT2D eigenvalue weighted by Gasteiger charge is 2.28. The Morgan fingerprint density at radius 1 is 0.404 bits per heavy atom. The molecule has 0 bridgehead atoms. The smallest absolute Gasteiger partial charge is 0.273 e. The van der Waals surface area contributed by atoms with Gasteiger partial charge in [-0.1, -0.05) is 23.7 Å². The van der Waals surface area contributed by atoms with Crippen molar-refractivity contribution in [1.82, 2.24) is 73.3 Å². The first-order chi connectivity index (χ1) is 55.1. The fourth-order valence-corrected chi connectivity index (χ4v) is 14.0. The van der Waals surface area contributed by atoms with Gasteiger partial charge in [0.1, 0.15) is 34.2 Å². The molecule has 6 aromatic carbocycles. The van der Waals surface area contributed by atoms with Crippen LogP contribution in [0.4, 0.5) is 51.7 Å². The number of nitrogens with one attached hydrogen (secondary N) is 6. The van der Waals surface area contributed by atoms with Crippen molar-refractivity contribution < 1.29 is 42.2 Å². The number of likely N-dealkylation sites (N-methyl/N-ethyl adjacent to an activating group) is 1. The van der Waals surface area contributed by atoms with Gasteiger partial charge in [-0.05, 0) is 170 Å². The van der Waals surface area contributed by atoms with Crippen LogP contribution in [0.15, 0.2) is 171 Å². The summed E-state index contributed by atoms with van der Waals surface area (Å²) in [5.74, 6) is -3.38. The van der Waals surface area contributed by atoms with Gasteiger partial charge < -0.3 is 74.4 Å². The van der Waals surface area contributed by atoms with Crippen LogP contribution in [-0.4, -0.2) is 213 Å². The first-order valence-corrected chi connectivity index (χ1v) is 38.3. The van der Waals surface area contributed by atoms with Crippen molar-refractivity contribution in [2.45, 2.75) is 59.7 Å². The number of nitrogens with zero attached hydrogens (tertiary/aromatic N) is 15. The zero-order chi connectivity index (χ0) is 80.3. The third-order valence-corrected chi connectivity index (χ3v) is 20.5. The minimum Gasteiger partial charge on any atom is -0.395 e. The van der Waals surface area contributed by atoms with Gasteiger partial charge in [0.25, 0.3) is 17.7 Å². The van der Waals surface area contributed by atoms with E-state index >= 15 is 0 Å². The third kappa shape index (κ3) is 18.9. The van der Waals surface area contributed by atoms with Gasteiger partial charge in [-0.15, -0.1) is 0 Å². The lowest BCUT2D eigenvalue weighted by atomic mass is 10.1. The standard InChI is InChI=1S/C28H32ClN7O2.C28H31F2N7O2.C27H29F2N7O/c1-19(2)36-18-31-25(20-3-5-21(29)6-4-20)26(36)27-30-17-24(33-27)28(38)32-22-7-9-23(10-8-22)35-13-11-34(12-14-35)15-16-37;1-18(2)37-17-32-25(19-3-8-22(29)23(30)15-19)26(37)27-31-16-24(34-27)28(39)33-20-4-6-21(7-5-20)36-11-9-35(10-12-36)13-14-38;1-17(2)36-16-31-24(18-4-9-21(28)22(29)14-18)25(36)26-30-15-23(33-26)27(37)32-19-5-7-20(8-6-19)35-12-10-34(3)11-13-35/h3-10,17-19,37H,11-16H2,1-2H3,(H,30,33)(H,32,38);3-8,15-18,38H,9-14H2,1-2H3,(H,31,34)(H,33,39);4-9,14-17H,10-13H2,1-3H3,(H,30,33)(H,32,37). The summed E-state index contributed by atoms with van der Waals surface area (Å²) in [4.78, 5) is 88.9. The van der Waals surface area contributed by atoms with Crippen LogP contribution in [0.3, 0.4) is 0 Å². The van der Waals surface area contributed by atoms with Crippen LogP contribution in [0, 0.1) is 23.3 Å². The van der Waals surface area contributed by atoms with Gasteiger partial charge >= 0.3 is 0 Å². The molecule has 9 heterocycles. The van der Waals surface area contributed by atoms with Crippen LogP contribution in [0.25, 0.3) is 68.3 Å². The molecule has 3 aliphatic rings. The van der Waals surface area contributed by atoms with Gasteiger partial charge in [0.05, 0.1) is 67.9 Å². The van der Waals surface area contributed by atoms with Crippen molar-refractivity contribution >= 4 is 63.4 Å². The number of amides is 3. The average Bonchev–Trinajstić information content (AvgIpc) is 1.64. The zero-order valence-electron chi connectivity index (χ0n) is 64.4. The number of anilines is 6. The van der Waals surface area contributed by atoms with E-state index in [1.807, 2.05) is 138 Å². The molecule has 26 nitrogen and oxygen atoms in total. The number of aliphatic hydroxyl groups is 2. The van der Waals surface area contributed by atoms with E-state index in [2.05, 4.69) is 111 Å². The second kappa shape index (κ2) is 36.3. The van der Waals surface area contributed by atoms with Crippen LogP contribution < -0.4 is 30.7 Å². The Morgan fingerprint density at radius 3 is 1.00 bits per heavy atom. The van der Waals surface area contributed by atoms with Gasteiger partial charge in [-0.25, -0.2) is 47.5 Å². The fourth-order valence-electron chi connectivity index (χ4n) is 13.8. The number of β-amino-alcohol motifs (C(OH)–C–C–N with tert-alkyl or cyclic N) is 2. The number of rotatable bonds is 22. The predicted molar refractivity (Wildman–Crippen MR) is 436 cm³/mol. The van der Waals surface area contributed by atoms with Crippen LogP contribution in [0.2, 0.25) is 5.02 Å². The van der Waals surface area contributed by atoms with E-state index in [1.54, 1.807) is 25.2 Å². The molecule has 0 aliphatic carbocycles. The second-order valence-electron chi connectivity index (χ2n) is 28.9. The van der Waals surface area contributed by atoms with E-state index in [1.165, 1.54) is 24.5 Å². The molecule has 3 amide bonds. The summed E-state index contributed by atoms with van der Waals surface area (Å²) in [6.07, 6.45) is 9.48. The molecule has 0 saturated carbocycles. The van der Waals surface area contributed by atoms with E-state index in [-0.39, 0.29) is 60.4 Å². The molecule has 0 radical (unpaired) electrons. The normalized spacial score (nSPS) is 14.3. The third-order valence-electron chi connectivity index (χ3n) is 20.2. The van der Waals surface area contributed by atoms with E-state index in [0.29, 0.717) is 85.7 Å². The van der Waals surface area contributed by atoms with E-state index in [4.69, 9.17) is 21.8 Å². The second-order valence-corrected chi connectivity index (χ2v) is 29.4. The Kier molecular flexibility index (Phi) is 25.6. The topological polar surface area (TPSA) is 287 Å². The number of halogens is 5. The number of aliphatic hydroxyl groups excluding tert-OH is 2. The quantitative estimate of drug-likeness (QED) is 0.0293. The number of imidazole rings is 6. The number of hydrogen-bond acceptors (Lipinski definition) is 17. The van der Waals surface area contributed by atoms with Gasteiger partial charge in [0.2, 0.25) is 0 Å². The minimum atomic E-state index is -0.966. The summed E-state index contributed by atoms with van der Waals surface area (Å²) in [6.45, 7) is 25.0. The molecule has 31 heteroatoms. The van der Waals surface area contributed by atoms with Gasteiger partial charge in [0, 0.05) is 166 Å². The Balaban J connectivity index is 0.000000149. The molecule has 0 spiro atoms. The maximum absolute atomic E-state index is 14.0. The lowest BCUT2D eigenvalue weighted by molar-refractivity contribution is 0.101. The summed E-state index contributed by atoms with van der Waals surface area (Å²) in [5.41, 5.74) is 11.6. The number of carbonyl (C=O) groups excluding carboxylic acids is 3. The molecule has 15 rings (SSSR count). The Labute approximate surface area is 662 Å². The van der Waals surface area contributed by atoms with Crippen molar-refractivity contribution in [2.24, 2.45) is 0 Å². The molecule has 3 saturated heterocycles. The lowest BCUT2D eigenvalue weighted by Crippen LogP contribution is -2.47. The van der Waals surface area contributed by atoms with Gasteiger partial charge in [-0.3, -0.25) is 24.2 Å². The number of aromatic amines is 3. The average molecular weight is 1580 g/mol. The van der Waals surface area contributed by atoms with Gasteiger partial charge in [-0.2, -0.15) is 0 Å². The van der Waals surface area contributed by atoms with Crippen molar-refractivity contribution in [2.75, 3.05) is 143 Å². The van der Waals surface area contributed by atoms with Crippen molar-refractivity contribution in [1.29, 1.82) is 0 Å². The molecule has 0 atom stereocenters. The van der Waals surface area contributed by atoms with E-state index in [0.717, 1.165) is 143 Å². The largest absolute Gasteiger partial charge is 0.395 e. The lowest BCUT2D eigenvalue weighted by Gasteiger charge is -2.35. The molecule has 8 N–H and O–H groups in total. The summed E-state index contributed by atoms with van der Waals surface area (Å²) >= 11 is 6.08. The Hall–Kier alpha value is -11.8. The Morgan fingerprint density at radius 2 is 0.702 bits per heavy atom. The number of piperazine rings is 3. The monoisotopic (exact) mass is 1570 g/mol.